The zero-order valence-corrected chi connectivity index (χ0v) is 14.3. The van der Waals surface area contributed by atoms with E-state index in [2.05, 4.69) is 15.2 Å². The molecule has 2 rings (SSSR count). The van der Waals surface area contributed by atoms with Crippen molar-refractivity contribution in [3.63, 3.8) is 0 Å². The summed E-state index contributed by atoms with van der Waals surface area (Å²) in [5, 5.41) is 7.47. The maximum Gasteiger partial charge on any atom is 0.257 e. The average molecular weight is 335 g/mol. The van der Waals surface area contributed by atoms with Crippen LogP contribution in [0.3, 0.4) is 0 Å². The summed E-state index contributed by atoms with van der Waals surface area (Å²) >= 11 is 5.61. The number of nitrogens with zero attached hydrogens (tertiary/aromatic N) is 4. The summed E-state index contributed by atoms with van der Waals surface area (Å²) in [6.07, 6.45) is 1.36. The van der Waals surface area contributed by atoms with Crippen LogP contribution in [0.1, 0.15) is 36.7 Å². The maximum absolute atomic E-state index is 12.8. The van der Waals surface area contributed by atoms with Gasteiger partial charge in [-0.1, -0.05) is 11.6 Å². The highest BCUT2D eigenvalue weighted by atomic mass is 35.5. The van der Waals surface area contributed by atoms with E-state index in [-0.39, 0.29) is 23.1 Å². The van der Waals surface area contributed by atoms with Gasteiger partial charge in [-0.3, -0.25) is 4.79 Å². The van der Waals surface area contributed by atoms with E-state index in [0.717, 1.165) is 5.56 Å². The summed E-state index contributed by atoms with van der Waals surface area (Å²) in [5.41, 5.74) is 1.46. The van der Waals surface area contributed by atoms with Crippen LogP contribution in [0.15, 0.2) is 24.4 Å². The van der Waals surface area contributed by atoms with Crippen molar-refractivity contribution in [3.8, 4) is 11.6 Å². The van der Waals surface area contributed by atoms with Crippen LogP contribution in [0.5, 0.6) is 11.6 Å². The molecule has 2 aromatic rings. The molecule has 1 amide bonds. The van der Waals surface area contributed by atoms with E-state index >= 15 is 0 Å². The Bertz CT molecular complexity index is 689. The highest BCUT2D eigenvalue weighted by molar-refractivity contribution is 6.28. The highest BCUT2D eigenvalue weighted by Crippen LogP contribution is 2.26. The van der Waals surface area contributed by atoms with Crippen LogP contribution in [0, 0.1) is 6.92 Å². The third-order valence-electron chi connectivity index (χ3n) is 3.32. The second-order valence-electron chi connectivity index (χ2n) is 5.35. The molecule has 23 heavy (non-hydrogen) atoms. The number of benzene rings is 1. The Morgan fingerprint density at radius 1 is 1.35 bits per heavy atom. The number of ether oxygens (including phenoxy) is 1. The molecule has 0 aliphatic carbocycles. The maximum atomic E-state index is 12.8. The first-order valence-electron chi connectivity index (χ1n) is 7.37. The van der Waals surface area contributed by atoms with Gasteiger partial charge in [0.25, 0.3) is 11.8 Å². The lowest BCUT2D eigenvalue weighted by atomic mass is 10.1. The Hall–Kier alpha value is -2.21. The monoisotopic (exact) mass is 334 g/mol. The summed E-state index contributed by atoms with van der Waals surface area (Å²) in [6, 6.07) is 5.51. The summed E-state index contributed by atoms with van der Waals surface area (Å²) in [4.78, 5) is 18.4. The van der Waals surface area contributed by atoms with Crippen LogP contribution in [0.4, 0.5) is 0 Å². The smallest absolute Gasteiger partial charge is 0.257 e. The van der Waals surface area contributed by atoms with E-state index in [1.165, 1.54) is 6.20 Å². The van der Waals surface area contributed by atoms with Crippen LogP contribution in [-0.2, 0) is 0 Å². The van der Waals surface area contributed by atoms with Crippen molar-refractivity contribution in [2.24, 2.45) is 0 Å². The van der Waals surface area contributed by atoms with Gasteiger partial charge in [0.2, 0.25) is 5.28 Å². The van der Waals surface area contributed by atoms with Gasteiger partial charge < -0.3 is 9.64 Å². The van der Waals surface area contributed by atoms with Crippen molar-refractivity contribution in [2.75, 3.05) is 6.54 Å². The number of carbonyl (C=O) groups excluding carboxylic acids is 1. The molecule has 1 heterocycles. The van der Waals surface area contributed by atoms with Crippen molar-refractivity contribution >= 4 is 17.5 Å². The van der Waals surface area contributed by atoms with Crippen LogP contribution in [-0.4, -0.2) is 38.6 Å². The minimum absolute atomic E-state index is 0.0366. The van der Waals surface area contributed by atoms with Crippen molar-refractivity contribution in [3.05, 3.63) is 40.8 Å². The number of rotatable bonds is 5. The zero-order chi connectivity index (χ0) is 17.0. The molecule has 0 saturated heterocycles. The van der Waals surface area contributed by atoms with Crippen LogP contribution in [0.2, 0.25) is 5.28 Å². The molecule has 0 spiro atoms. The fraction of sp³-hybridized carbons (Fsp3) is 0.375. The van der Waals surface area contributed by atoms with Gasteiger partial charge in [0.1, 0.15) is 5.75 Å². The van der Waals surface area contributed by atoms with Crippen molar-refractivity contribution in [2.45, 2.75) is 33.7 Å². The Morgan fingerprint density at radius 2 is 2.09 bits per heavy atom. The number of halogens is 1. The predicted molar refractivity (Wildman–Crippen MR) is 87.9 cm³/mol. The topological polar surface area (TPSA) is 68.2 Å². The molecule has 0 radical (unpaired) electrons. The first kappa shape index (κ1) is 17.1. The van der Waals surface area contributed by atoms with Crippen molar-refractivity contribution in [1.29, 1.82) is 0 Å². The second-order valence-corrected chi connectivity index (χ2v) is 5.69. The molecule has 6 nitrogen and oxygen atoms in total. The number of aryl methyl sites for hydroxylation is 1. The van der Waals surface area contributed by atoms with E-state index in [4.69, 9.17) is 16.3 Å². The van der Waals surface area contributed by atoms with Gasteiger partial charge in [-0.2, -0.15) is 0 Å². The van der Waals surface area contributed by atoms with E-state index in [1.807, 2.05) is 33.8 Å². The Labute approximate surface area is 140 Å². The SMILES string of the molecule is CCN(C(=O)c1cc(C)ccc1Oc1cnc(Cl)nn1)C(C)C. The minimum atomic E-state index is -0.0870. The molecule has 7 heteroatoms. The van der Waals surface area contributed by atoms with E-state index in [9.17, 15) is 4.79 Å². The Balaban J connectivity index is 2.37. The largest absolute Gasteiger partial charge is 0.436 e. The molecule has 0 bridgehead atoms. The van der Waals surface area contributed by atoms with E-state index in [0.29, 0.717) is 17.9 Å². The van der Waals surface area contributed by atoms with Crippen molar-refractivity contribution in [1.82, 2.24) is 20.1 Å². The van der Waals surface area contributed by atoms with Gasteiger partial charge in [0.15, 0.2) is 0 Å². The molecule has 0 unspecified atom stereocenters. The molecule has 0 fully saturated rings. The number of hydrogen-bond acceptors (Lipinski definition) is 5. The lowest BCUT2D eigenvalue weighted by Gasteiger charge is -2.26. The van der Waals surface area contributed by atoms with Gasteiger partial charge in [-0.05, 0) is 51.4 Å². The molecule has 1 aromatic carbocycles. The van der Waals surface area contributed by atoms with Gasteiger partial charge in [0.05, 0.1) is 11.8 Å². The first-order chi connectivity index (χ1) is 10.9. The fourth-order valence-electron chi connectivity index (χ4n) is 2.21. The molecule has 0 aliphatic rings. The average Bonchev–Trinajstić information content (AvgIpc) is 2.51. The number of amides is 1. The van der Waals surface area contributed by atoms with Gasteiger partial charge in [-0.15, -0.1) is 10.2 Å². The molecule has 0 atom stereocenters. The molecule has 1 aromatic heterocycles. The van der Waals surface area contributed by atoms with Gasteiger partial charge >= 0.3 is 0 Å². The molecule has 0 saturated carbocycles. The van der Waals surface area contributed by atoms with E-state index < -0.39 is 0 Å². The van der Waals surface area contributed by atoms with Gasteiger partial charge in [0, 0.05) is 12.6 Å². The molecule has 122 valence electrons. The third kappa shape index (κ3) is 4.16. The van der Waals surface area contributed by atoms with Gasteiger partial charge in [-0.25, -0.2) is 4.98 Å². The quantitative estimate of drug-likeness (QED) is 0.837. The lowest BCUT2D eigenvalue weighted by Crippen LogP contribution is -2.36. The first-order valence-corrected chi connectivity index (χ1v) is 7.74. The van der Waals surface area contributed by atoms with Crippen LogP contribution < -0.4 is 4.74 Å². The number of hydrogen-bond donors (Lipinski definition) is 0. The molecular weight excluding hydrogens is 316 g/mol. The number of carbonyl (C=O) groups is 1. The molecule has 0 aliphatic heterocycles. The summed E-state index contributed by atoms with van der Waals surface area (Å²) in [7, 11) is 0. The molecular formula is C16H19ClN4O2. The summed E-state index contributed by atoms with van der Waals surface area (Å²) < 4.78 is 5.67. The lowest BCUT2D eigenvalue weighted by molar-refractivity contribution is 0.0714. The Morgan fingerprint density at radius 3 is 2.65 bits per heavy atom. The molecule has 0 N–H and O–H groups in total. The Kier molecular flexibility index (Phi) is 5.50. The zero-order valence-electron chi connectivity index (χ0n) is 13.6. The highest BCUT2D eigenvalue weighted by Gasteiger charge is 2.21. The van der Waals surface area contributed by atoms with Crippen LogP contribution >= 0.6 is 11.6 Å². The number of aromatic nitrogens is 3. The predicted octanol–water partition coefficient (Wildman–Crippen LogP) is 3.50. The fourth-order valence-corrected chi connectivity index (χ4v) is 2.29. The minimum Gasteiger partial charge on any atom is -0.436 e. The second kappa shape index (κ2) is 7.37. The third-order valence-corrected chi connectivity index (χ3v) is 3.49. The standard InChI is InChI=1S/C16H19ClN4O2/c1-5-21(10(2)3)15(22)12-8-11(4)6-7-13(12)23-14-9-18-16(17)20-19-14/h6-10H,5H2,1-4H3. The summed E-state index contributed by atoms with van der Waals surface area (Å²) in [6.45, 7) is 8.45. The van der Waals surface area contributed by atoms with Crippen LogP contribution in [0.25, 0.3) is 0 Å². The summed E-state index contributed by atoms with van der Waals surface area (Å²) in [5.74, 6) is 0.508. The normalized spacial score (nSPS) is 10.7. The van der Waals surface area contributed by atoms with E-state index in [1.54, 1.807) is 17.0 Å². The van der Waals surface area contributed by atoms with Crippen molar-refractivity contribution < 1.29 is 9.53 Å².